The molecule has 0 bridgehead atoms. The molecule has 2 heterocycles. The predicted octanol–water partition coefficient (Wildman–Crippen LogP) is 5.11. The van der Waals surface area contributed by atoms with Crippen LogP contribution in [-0.2, 0) is 27.2 Å². The molecule has 9 heteroatoms. The highest BCUT2D eigenvalue weighted by Gasteiger charge is 2.39. The number of hydrogen-bond acceptors (Lipinski definition) is 5. The standard InChI is InChI=1S/C31H36ClN3O5/c1-40-17-22-4-3-15-34(22)29(36)21-13-14-24-26(16-21)35(33-28(24)19-9-11-20(12-10-19)31(38)39)30(37)27-23(18-7-8-18)5-2-6-25(27)32/h2,5-6,9,18,20-22H,3-4,7-8,10-17H2,1H3,(H,38,39)/t20?,21?,22-/m1/s1. The lowest BCUT2D eigenvalue weighted by Crippen LogP contribution is -2.43. The molecule has 4 aliphatic rings. The quantitative estimate of drug-likeness (QED) is 0.500. The lowest BCUT2D eigenvalue weighted by atomic mass is 9.82. The Bertz CT molecular complexity index is 1380. The van der Waals surface area contributed by atoms with Crippen molar-refractivity contribution >= 4 is 35.0 Å². The minimum absolute atomic E-state index is 0.0970. The molecule has 2 fully saturated rings. The van der Waals surface area contributed by atoms with E-state index in [1.54, 1.807) is 13.2 Å². The van der Waals surface area contributed by atoms with Crippen LogP contribution in [0.2, 0.25) is 5.02 Å². The zero-order valence-corrected chi connectivity index (χ0v) is 23.7. The van der Waals surface area contributed by atoms with Gasteiger partial charge in [0.15, 0.2) is 0 Å². The summed E-state index contributed by atoms with van der Waals surface area (Å²) < 4.78 is 6.89. The van der Waals surface area contributed by atoms with Crippen LogP contribution in [0.25, 0.3) is 5.57 Å². The van der Waals surface area contributed by atoms with E-state index < -0.39 is 11.9 Å². The van der Waals surface area contributed by atoms with Gasteiger partial charge in [-0.15, -0.1) is 0 Å². The molecule has 3 atom stereocenters. The second-order valence-corrected chi connectivity index (χ2v) is 12.1. The van der Waals surface area contributed by atoms with Gasteiger partial charge in [0, 0.05) is 31.6 Å². The van der Waals surface area contributed by atoms with Crippen LogP contribution in [0, 0.1) is 11.8 Å². The average Bonchev–Trinajstić information content (AvgIpc) is 3.59. The van der Waals surface area contributed by atoms with Crippen LogP contribution in [0.4, 0.5) is 0 Å². The zero-order valence-electron chi connectivity index (χ0n) is 22.9. The van der Waals surface area contributed by atoms with Gasteiger partial charge < -0.3 is 14.7 Å². The lowest BCUT2D eigenvalue weighted by molar-refractivity contribution is -0.142. The van der Waals surface area contributed by atoms with Crippen LogP contribution in [0.5, 0.6) is 0 Å². The Balaban J connectivity index is 1.37. The van der Waals surface area contributed by atoms with E-state index in [9.17, 15) is 19.5 Å². The molecular weight excluding hydrogens is 530 g/mol. The minimum Gasteiger partial charge on any atom is -0.481 e. The third kappa shape index (κ3) is 5.00. The molecule has 1 amide bonds. The SMILES string of the molecule is COC[C@H]1CCCN1C(=O)C1CCc2c(C3=CCC(C(=O)O)CC3)nn(C(=O)c3c(Cl)cccc3C3CC3)c2C1. The van der Waals surface area contributed by atoms with E-state index >= 15 is 0 Å². The lowest BCUT2D eigenvalue weighted by Gasteiger charge is -2.31. The third-order valence-electron chi connectivity index (χ3n) is 9.17. The molecule has 2 unspecified atom stereocenters. The highest BCUT2D eigenvalue weighted by molar-refractivity contribution is 6.34. The number of carbonyl (C=O) groups excluding carboxylic acids is 2. The van der Waals surface area contributed by atoms with Crippen molar-refractivity contribution in [3.8, 4) is 0 Å². The molecule has 1 saturated heterocycles. The Labute approximate surface area is 239 Å². The van der Waals surface area contributed by atoms with Gasteiger partial charge in [0.1, 0.15) is 0 Å². The number of methoxy groups -OCH3 is 1. The largest absolute Gasteiger partial charge is 0.481 e. The van der Waals surface area contributed by atoms with Crippen LogP contribution in [-0.4, -0.2) is 63.9 Å². The highest BCUT2D eigenvalue weighted by Crippen LogP contribution is 2.44. The van der Waals surface area contributed by atoms with Crippen molar-refractivity contribution in [1.29, 1.82) is 0 Å². The molecule has 40 heavy (non-hydrogen) atoms. The minimum atomic E-state index is -0.778. The number of aromatic nitrogens is 2. The molecule has 0 radical (unpaired) electrons. The Morgan fingerprint density at radius 2 is 1.90 bits per heavy atom. The maximum Gasteiger partial charge on any atom is 0.306 e. The second-order valence-electron chi connectivity index (χ2n) is 11.7. The van der Waals surface area contributed by atoms with Gasteiger partial charge in [-0.1, -0.05) is 29.8 Å². The van der Waals surface area contributed by atoms with E-state index in [0.717, 1.165) is 60.3 Å². The summed E-state index contributed by atoms with van der Waals surface area (Å²) in [5.74, 6) is -1.19. The first-order chi connectivity index (χ1) is 19.4. The number of nitrogens with zero attached hydrogens (tertiary/aromatic N) is 3. The van der Waals surface area contributed by atoms with Gasteiger partial charge in [0.25, 0.3) is 5.91 Å². The summed E-state index contributed by atoms with van der Waals surface area (Å²) in [7, 11) is 1.67. The first-order valence-electron chi connectivity index (χ1n) is 14.5. The van der Waals surface area contributed by atoms with E-state index in [4.69, 9.17) is 21.4 Å². The first-order valence-corrected chi connectivity index (χ1v) is 14.9. The molecule has 1 aromatic carbocycles. The number of carboxylic acids is 1. The molecule has 6 rings (SSSR count). The molecule has 212 valence electrons. The Hall–Kier alpha value is -2.97. The monoisotopic (exact) mass is 565 g/mol. The summed E-state index contributed by atoms with van der Waals surface area (Å²) in [6.07, 6.45) is 9.35. The van der Waals surface area contributed by atoms with Crippen molar-refractivity contribution in [2.45, 2.75) is 76.2 Å². The van der Waals surface area contributed by atoms with Gasteiger partial charge in [-0.2, -0.15) is 9.78 Å². The number of halogens is 1. The van der Waals surface area contributed by atoms with Crippen molar-refractivity contribution in [2.24, 2.45) is 11.8 Å². The van der Waals surface area contributed by atoms with Crippen molar-refractivity contribution < 1.29 is 24.2 Å². The van der Waals surface area contributed by atoms with E-state index in [1.807, 2.05) is 23.1 Å². The van der Waals surface area contributed by atoms with Gasteiger partial charge in [0.05, 0.1) is 40.5 Å². The van der Waals surface area contributed by atoms with E-state index in [2.05, 4.69) is 0 Å². The normalized spacial score (nSPS) is 24.5. The van der Waals surface area contributed by atoms with E-state index in [1.165, 1.54) is 4.68 Å². The Morgan fingerprint density at radius 1 is 1.10 bits per heavy atom. The van der Waals surface area contributed by atoms with Crippen molar-refractivity contribution in [3.63, 3.8) is 0 Å². The number of carbonyl (C=O) groups is 3. The summed E-state index contributed by atoms with van der Waals surface area (Å²) in [4.78, 5) is 41.4. The van der Waals surface area contributed by atoms with Crippen molar-refractivity contribution in [2.75, 3.05) is 20.3 Å². The molecule has 1 aromatic heterocycles. The highest BCUT2D eigenvalue weighted by atomic mass is 35.5. The smallest absolute Gasteiger partial charge is 0.306 e. The summed E-state index contributed by atoms with van der Waals surface area (Å²) in [5, 5.41) is 14.8. The summed E-state index contributed by atoms with van der Waals surface area (Å²) in [5.41, 5.74) is 5.03. The Kier molecular flexibility index (Phi) is 7.57. The Morgan fingerprint density at radius 3 is 2.60 bits per heavy atom. The van der Waals surface area contributed by atoms with E-state index in [-0.39, 0.29) is 23.8 Å². The number of hydrogen-bond donors (Lipinski definition) is 1. The number of benzene rings is 1. The number of aliphatic carboxylic acids is 1. The molecule has 2 aromatic rings. The molecule has 1 saturated carbocycles. The summed E-state index contributed by atoms with van der Waals surface area (Å²) >= 11 is 6.64. The number of likely N-dealkylation sites (tertiary alicyclic amines) is 1. The molecule has 1 N–H and O–H groups in total. The molecule has 8 nitrogen and oxygen atoms in total. The fourth-order valence-corrected chi connectivity index (χ4v) is 7.12. The fourth-order valence-electron chi connectivity index (χ4n) is 6.85. The van der Waals surface area contributed by atoms with Crippen molar-refractivity contribution in [3.05, 3.63) is 57.4 Å². The number of fused-ring (bicyclic) bond motifs is 1. The van der Waals surface area contributed by atoms with Crippen LogP contribution in [0.1, 0.15) is 90.2 Å². The summed E-state index contributed by atoms with van der Waals surface area (Å²) in [6, 6.07) is 5.73. The number of rotatable bonds is 7. The number of ether oxygens (including phenoxy) is 1. The van der Waals surface area contributed by atoms with Crippen LogP contribution >= 0.6 is 11.6 Å². The predicted molar refractivity (Wildman–Crippen MR) is 150 cm³/mol. The molecule has 3 aliphatic carbocycles. The first kappa shape index (κ1) is 27.2. The zero-order chi connectivity index (χ0) is 28.0. The number of allylic oxidation sites excluding steroid dienone is 2. The summed E-state index contributed by atoms with van der Waals surface area (Å²) in [6.45, 7) is 1.27. The topological polar surface area (TPSA) is 102 Å². The maximum atomic E-state index is 14.2. The van der Waals surface area contributed by atoms with Gasteiger partial charge in [-0.25, -0.2) is 0 Å². The van der Waals surface area contributed by atoms with Crippen LogP contribution < -0.4 is 0 Å². The number of carboxylic acid groups (broad SMARTS) is 1. The van der Waals surface area contributed by atoms with Crippen LogP contribution in [0.15, 0.2) is 24.3 Å². The molecule has 0 spiro atoms. The van der Waals surface area contributed by atoms with E-state index in [0.29, 0.717) is 61.6 Å². The molecule has 1 aliphatic heterocycles. The van der Waals surface area contributed by atoms with Gasteiger partial charge in [-0.3, -0.25) is 14.4 Å². The third-order valence-corrected chi connectivity index (χ3v) is 9.49. The average molecular weight is 566 g/mol. The second kappa shape index (κ2) is 11.1. The van der Waals surface area contributed by atoms with Crippen molar-refractivity contribution in [1.82, 2.24) is 14.7 Å². The maximum absolute atomic E-state index is 14.2. The fraction of sp³-hybridized carbons (Fsp3) is 0.548. The van der Waals surface area contributed by atoms with Crippen LogP contribution in [0.3, 0.4) is 0 Å². The number of amides is 1. The van der Waals surface area contributed by atoms with Gasteiger partial charge in [0.2, 0.25) is 5.91 Å². The van der Waals surface area contributed by atoms with Gasteiger partial charge >= 0.3 is 5.97 Å². The van der Waals surface area contributed by atoms with Gasteiger partial charge in [-0.05, 0) is 80.9 Å². The molecular formula is C31H36ClN3O5.